The average Bonchev–Trinajstić information content (AvgIpc) is 2.92. The van der Waals surface area contributed by atoms with Crippen molar-refractivity contribution in [2.24, 2.45) is 0 Å². The molecule has 0 saturated carbocycles. The topological polar surface area (TPSA) is 58.2 Å². The number of hydrogen-bond acceptors (Lipinski definition) is 3. The number of ether oxygens (including phenoxy) is 1. The molecule has 0 unspecified atom stereocenters. The number of H-pyrrole nitrogens is 1. The van der Waals surface area contributed by atoms with Gasteiger partial charge in [0.1, 0.15) is 17.1 Å². The first-order valence-corrected chi connectivity index (χ1v) is 8.68. The molecule has 138 valence electrons. The lowest BCUT2D eigenvalue weighted by Crippen LogP contribution is -2.34. The molecule has 2 aromatic heterocycles. The Morgan fingerprint density at radius 2 is 1.96 bits per heavy atom. The largest absolute Gasteiger partial charge is 0.443 e. The molecule has 0 saturated heterocycles. The van der Waals surface area contributed by atoms with Gasteiger partial charge in [-0.05, 0) is 33.3 Å². The van der Waals surface area contributed by atoms with Crippen LogP contribution in [0.3, 0.4) is 0 Å². The highest BCUT2D eigenvalue weighted by molar-refractivity contribution is 6.46. The van der Waals surface area contributed by atoms with Crippen molar-refractivity contribution in [3.63, 3.8) is 0 Å². The van der Waals surface area contributed by atoms with Crippen molar-refractivity contribution in [1.82, 2.24) is 9.97 Å². The molecular weight excluding hydrogens is 380 g/mol. The van der Waals surface area contributed by atoms with E-state index < -0.39 is 17.5 Å². The van der Waals surface area contributed by atoms with Gasteiger partial charge in [0.2, 0.25) is 0 Å². The number of carbonyl (C=O) groups is 1. The van der Waals surface area contributed by atoms with Crippen LogP contribution in [0.1, 0.15) is 26.3 Å². The van der Waals surface area contributed by atoms with Gasteiger partial charge in [0.05, 0.1) is 21.2 Å². The maximum Gasteiger partial charge on any atom is 0.414 e. The lowest BCUT2D eigenvalue weighted by atomic mass is 10.1. The van der Waals surface area contributed by atoms with Gasteiger partial charge >= 0.3 is 6.09 Å². The Morgan fingerprint density at radius 3 is 2.58 bits per heavy atom. The Balaban J connectivity index is 2.29. The fourth-order valence-corrected chi connectivity index (χ4v) is 3.15. The van der Waals surface area contributed by atoms with Gasteiger partial charge in [-0.3, -0.25) is 4.90 Å². The molecule has 5 nitrogen and oxygen atoms in total. The number of anilines is 1. The Morgan fingerprint density at radius 1 is 1.31 bits per heavy atom. The molecule has 1 amide bonds. The van der Waals surface area contributed by atoms with E-state index in [4.69, 9.17) is 27.9 Å². The van der Waals surface area contributed by atoms with Crippen LogP contribution in [0.2, 0.25) is 10.0 Å². The van der Waals surface area contributed by atoms with Crippen LogP contribution in [0, 0.1) is 12.7 Å². The predicted molar refractivity (Wildman–Crippen MR) is 103 cm³/mol. The summed E-state index contributed by atoms with van der Waals surface area (Å²) in [7, 11) is 1.52. The predicted octanol–water partition coefficient (Wildman–Crippen LogP) is 5.84. The molecule has 8 heteroatoms. The highest BCUT2D eigenvalue weighted by atomic mass is 35.5. The molecule has 0 radical (unpaired) electrons. The molecule has 26 heavy (non-hydrogen) atoms. The van der Waals surface area contributed by atoms with Gasteiger partial charge in [0.25, 0.3) is 0 Å². The molecule has 3 aromatic rings. The molecule has 1 aromatic carbocycles. The van der Waals surface area contributed by atoms with Crippen LogP contribution in [-0.4, -0.2) is 28.7 Å². The first-order valence-electron chi connectivity index (χ1n) is 7.92. The van der Waals surface area contributed by atoms with E-state index in [2.05, 4.69) is 9.97 Å². The van der Waals surface area contributed by atoms with Crippen LogP contribution in [0.25, 0.3) is 21.9 Å². The number of pyridine rings is 1. The van der Waals surface area contributed by atoms with E-state index in [1.807, 2.05) is 0 Å². The maximum atomic E-state index is 14.6. The quantitative estimate of drug-likeness (QED) is 0.560. The number of carbonyl (C=O) groups excluding carboxylic acids is 1. The van der Waals surface area contributed by atoms with Gasteiger partial charge in [0.15, 0.2) is 0 Å². The Bertz CT molecular complexity index is 1040. The molecule has 0 spiro atoms. The number of halogens is 3. The van der Waals surface area contributed by atoms with Crippen molar-refractivity contribution in [3.8, 4) is 0 Å². The summed E-state index contributed by atoms with van der Waals surface area (Å²) in [6.07, 6.45) is 0.822. The van der Waals surface area contributed by atoms with Crippen molar-refractivity contribution in [2.75, 3.05) is 11.9 Å². The van der Waals surface area contributed by atoms with Crippen LogP contribution < -0.4 is 4.90 Å². The zero-order valence-corrected chi connectivity index (χ0v) is 16.5. The van der Waals surface area contributed by atoms with Gasteiger partial charge < -0.3 is 9.72 Å². The SMILES string of the molecule is Cc1c(F)cc(N(C)C(=O)OC(C)(C)C)c2[nH]c3ncc(Cl)c(Cl)c3c12. The monoisotopic (exact) mass is 397 g/mol. The first kappa shape index (κ1) is 18.7. The molecule has 3 rings (SSSR count). The molecule has 0 aliphatic heterocycles. The third kappa shape index (κ3) is 3.08. The van der Waals surface area contributed by atoms with E-state index in [-0.39, 0.29) is 10.0 Å². The highest BCUT2D eigenvalue weighted by Gasteiger charge is 2.25. The second kappa shape index (κ2) is 6.28. The van der Waals surface area contributed by atoms with Crippen molar-refractivity contribution in [1.29, 1.82) is 0 Å². The number of hydrogen-bond donors (Lipinski definition) is 1. The summed E-state index contributed by atoms with van der Waals surface area (Å²) in [5.41, 5.74) is 1.03. The zero-order chi connectivity index (χ0) is 19.4. The molecule has 1 N–H and O–H groups in total. The van der Waals surface area contributed by atoms with Crippen LogP contribution >= 0.6 is 23.2 Å². The standard InChI is InChI=1S/C18H18Cl2FN3O2/c1-8-10(21)6-11(24(5)17(25)26-18(2,3)4)15-12(8)13-14(20)9(19)7-22-16(13)23-15/h6-7H,1-5H3,(H,22,23). The summed E-state index contributed by atoms with van der Waals surface area (Å²) >= 11 is 12.4. The van der Waals surface area contributed by atoms with Gasteiger partial charge in [-0.2, -0.15) is 0 Å². The average molecular weight is 398 g/mol. The van der Waals surface area contributed by atoms with E-state index in [0.717, 1.165) is 0 Å². The van der Waals surface area contributed by atoms with Crippen molar-refractivity contribution in [3.05, 3.63) is 33.7 Å². The molecule has 0 bridgehead atoms. The van der Waals surface area contributed by atoms with Crippen LogP contribution in [0.15, 0.2) is 12.3 Å². The smallest absolute Gasteiger partial charge is 0.414 e. The molecule has 0 aliphatic rings. The highest BCUT2D eigenvalue weighted by Crippen LogP contribution is 2.40. The fraction of sp³-hybridized carbons (Fsp3) is 0.333. The van der Waals surface area contributed by atoms with Crippen LogP contribution in [-0.2, 0) is 4.74 Å². The number of fused-ring (bicyclic) bond motifs is 3. The maximum absolute atomic E-state index is 14.6. The van der Waals surface area contributed by atoms with E-state index in [1.165, 1.54) is 24.2 Å². The number of aromatic amines is 1. The van der Waals surface area contributed by atoms with E-state index >= 15 is 0 Å². The molecule has 0 fully saturated rings. The molecular formula is C18H18Cl2FN3O2. The zero-order valence-electron chi connectivity index (χ0n) is 15.0. The Labute approximate surface area is 160 Å². The third-order valence-corrected chi connectivity index (χ3v) is 4.77. The lowest BCUT2D eigenvalue weighted by Gasteiger charge is -2.25. The second-order valence-corrected chi connectivity index (χ2v) is 7.85. The fourth-order valence-electron chi connectivity index (χ4n) is 2.77. The minimum absolute atomic E-state index is 0.269. The summed E-state index contributed by atoms with van der Waals surface area (Å²) in [6, 6.07) is 1.28. The number of benzene rings is 1. The Kier molecular flexibility index (Phi) is 4.53. The number of nitrogens with zero attached hydrogens (tertiary/aromatic N) is 2. The number of aromatic nitrogens is 2. The van der Waals surface area contributed by atoms with Crippen molar-refractivity contribution in [2.45, 2.75) is 33.3 Å². The van der Waals surface area contributed by atoms with Crippen LogP contribution in [0.5, 0.6) is 0 Å². The number of rotatable bonds is 1. The van der Waals surface area contributed by atoms with Gasteiger partial charge in [0, 0.05) is 30.1 Å². The van der Waals surface area contributed by atoms with Crippen molar-refractivity contribution < 1.29 is 13.9 Å². The summed E-state index contributed by atoms with van der Waals surface area (Å²) in [6.45, 7) is 6.93. The van der Waals surface area contributed by atoms with E-state index in [0.29, 0.717) is 33.2 Å². The van der Waals surface area contributed by atoms with Crippen LogP contribution in [0.4, 0.5) is 14.9 Å². The van der Waals surface area contributed by atoms with Gasteiger partial charge in [-0.15, -0.1) is 0 Å². The van der Waals surface area contributed by atoms with E-state index in [9.17, 15) is 9.18 Å². The first-order chi connectivity index (χ1) is 12.0. The molecule has 2 heterocycles. The summed E-state index contributed by atoms with van der Waals surface area (Å²) in [4.78, 5) is 21.0. The normalized spacial score (nSPS) is 12.0. The summed E-state index contributed by atoms with van der Waals surface area (Å²) < 4.78 is 20.0. The van der Waals surface area contributed by atoms with Gasteiger partial charge in [-0.1, -0.05) is 23.2 Å². The van der Waals surface area contributed by atoms with Crippen molar-refractivity contribution >= 4 is 56.9 Å². The number of amides is 1. The number of aryl methyl sites for hydroxylation is 1. The minimum atomic E-state index is -0.674. The molecule has 0 aliphatic carbocycles. The molecule has 0 atom stereocenters. The second-order valence-electron chi connectivity index (χ2n) is 7.06. The van der Waals surface area contributed by atoms with Gasteiger partial charge in [-0.25, -0.2) is 14.2 Å². The number of nitrogens with one attached hydrogen (secondary N) is 1. The Hall–Kier alpha value is -2.05. The lowest BCUT2D eigenvalue weighted by molar-refractivity contribution is 0.0589. The summed E-state index contributed by atoms with van der Waals surface area (Å²) in [5, 5.41) is 1.60. The summed E-state index contributed by atoms with van der Waals surface area (Å²) in [5.74, 6) is -0.472. The minimum Gasteiger partial charge on any atom is -0.443 e. The van der Waals surface area contributed by atoms with E-state index in [1.54, 1.807) is 27.7 Å². The third-order valence-electron chi connectivity index (χ3n) is 4.00.